The van der Waals surface area contributed by atoms with Crippen molar-refractivity contribution in [2.24, 2.45) is 0 Å². The molecule has 0 unspecified atom stereocenters. The largest absolute Gasteiger partial charge is 0.409 e. The first-order valence-corrected chi connectivity index (χ1v) is 4.85. The van der Waals surface area contributed by atoms with E-state index in [-0.39, 0.29) is 4.84 Å². The number of aromatic nitrogens is 2. The van der Waals surface area contributed by atoms with Crippen molar-refractivity contribution in [2.45, 2.75) is 0 Å². The van der Waals surface area contributed by atoms with Crippen LogP contribution in [0.25, 0.3) is 11.5 Å². The predicted octanol–water partition coefficient (Wildman–Crippen LogP) is 3.71. The van der Waals surface area contributed by atoms with Gasteiger partial charge in [-0.1, -0.05) is 29.3 Å². The van der Waals surface area contributed by atoms with Gasteiger partial charge in [-0.2, -0.15) is 0 Å². The van der Waals surface area contributed by atoms with Gasteiger partial charge in [0.05, 0.1) is 15.6 Å². The number of nitrogens with zero attached hydrogens (tertiary/aromatic N) is 1. The number of aromatic amines is 1. The minimum absolute atomic E-state index is 0.191. The summed E-state index contributed by atoms with van der Waals surface area (Å²) < 4.78 is 5.11. The number of benzene rings is 1. The number of H-pyrrole nitrogens is 1. The lowest BCUT2D eigenvalue weighted by molar-refractivity contribution is 0.552. The molecule has 6 heteroatoms. The molecule has 0 aliphatic heterocycles. The number of hydrogen-bond acceptors (Lipinski definition) is 3. The molecular formula is C8H4Cl2N2OS. The highest BCUT2D eigenvalue weighted by atomic mass is 35.5. The molecule has 0 radical (unpaired) electrons. The van der Waals surface area contributed by atoms with E-state index < -0.39 is 0 Å². The van der Waals surface area contributed by atoms with Crippen molar-refractivity contribution in [2.75, 3.05) is 0 Å². The normalized spacial score (nSPS) is 10.4. The number of nitrogens with one attached hydrogen (secondary N) is 1. The maximum absolute atomic E-state index is 5.94. The molecule has 1 heterocycles. The zero-order chi connectivity index (χ0) is 10.1. The minimum Gasteiger partial charge on any atom is -0.409 e. The van der Waals surface area contributed by atoms with Gasteiger partial charge in [-0.25, -0.2) is 5.10 Å². The quantitative estimate of drug-likeness (QED) is 0.781. The standard InChI is InChI=1S/C8H4Cl2N2OS/c9-4-2-1-3-5(10)6(4)7-11-12-8(14)13-7/h1-3H,(H,12,14). The van der Waals surface area contributed by atoms with Crippen LogP contribution in [0.4, 0.5) is 0 Å². The molecule has 0 aliphatic carbocycles. The van der Waals surface area contributed by atoms with E-state index >= 15 is 0 Å². The summed E-state index contributed by atoms with van der Waals surface area (Å²) in [5.74, 6) is 0.297. The first kappa shape index (κ1) is 9.71. The Bertz CT molecular complexity index is 500. The summed E-state index contributed by atoms with van der Waals surface area (Å²) in [7, 11) is 0. The molecule has 1 N–H and O–H groups in total. The molecule has 0 saturated heterocycles. The van der Waals surface area contributed by atoms with Gasteiger partial charge in [0, 0.05) is 0 Å². The third-order valence-electron chi connectivity index (χ3n) is 1.61. The van der Waals surface area contributed by atoms with Gasteiger partial charge in [-0.3, -0.25) is 0 Å². The van der Waals surface area contributed by atoms with E-state index in [0.29, 0.717) is 21.5 Å². The molecule has 0 bridgehead atoms. The molecule has 0 spiro atoms. The van der Waals surface area contributed by atoms with Crippen molar-refractivity contribution >= 4 is 35.4 Å². The van der Waals surface area contributed by atoms with Crippen molar-refractivity contribution in [3.63, 3.8) is 0 Å². The highest BCUT2D eigenvalue weighted by Gasteiger charge is 2.12. The van der Waals surface area contributed by atoms with Gasteiger partial charge in [0.1, 0.15) is 0 Å². The first-order valence-electron chi connectivity index (χ1n) is 3.68. The van der Waals surface area contributed by atoms with E-state index in [1.165, 1.54) is 0 Å². The zero-order valence-corrected chi connectivity index (χ0v) is 9.08. The maximum atomic E-state index is 5.94. The van der Waals surface area contributed by atoms with E-state index in [1.54, 1.807) is 18.2 Å². The summed E-state index contributed by atoms with van der Waals surface area (Å²) in [5, 5.41) is 7.29. The molecule has 1 aromatic carbocycles. The molecule has 3 nitrogen and oxygen atoms in total. The third kappa shape index (κ3) is 1.68. The molecule has 72 valence electrons. The third-order valence-corrected chi connectivity index (χ3v) is 2.42. The molecule has 0 atom stereocenters. The van der Waals surface area contributed by atoms with Crippen molar-refractivity contribution in [1.82, 2.24) is 10.2 Å². The first-order chi connectivity index (χ1) is 6.68. The van der Waals surface area contributed by atoms with E-state index in [1.807, 2.05) is 0 Å². The second-order valence-corrected chi connectivity index (χ2v) is 3.70. The van der Waals surface area contributed by atoms with Crippen LogP contribution >= 0.6 is 35.4 Å². The highest BCUT2D eigenvalue weighted by molar-refractivity contribution is 7.71. The summed E-state index contributed by atoms with van der Waals surface area (Å²) in [4.78, 5) is 0.191. The molecule has 14 heavy (non-hydrogen) atoms. The monoisotopic (exact) mass is 246 g/mol. The number of hydrogen-bond donors (Lipinski definition) is 1. The van der Waals surface area contributed by atoms with Crippen LogP contribution in [-0.2, 0) is 0 Å². The van der Waals surface area contributed by atoms with Gasteiger partial charge in [-0.05, 0) is 24.4 Å². The Balaban J connectivity index is 2.67. The summed E-state index contributed by atoms with van der Waals surface area (Å²) in [5.41, 5.74) is 0.545. The SMILES string of the molecule is S=c1[nH]nc(-c2c(Cl)cccc2Cl)o1. The Kier molecular flexibility index (Phi) is 2.58. The average Bonchev–Trinajstić information content (AvgIpc) is 2.51. The molecule has 0 fully saturated rings. The predicted molar refractivity (Wildman–Crippen MR) is 57.1 cm³/mol. The van der Waals surface area contributed by atoms with Crippen LogP contribution in [0.2, 0.25) is 10.0 Å². The molecule has 1 aromatic heterocycles. The van der Waals surface area contributed by atoms with Crippen LogP contribution in [0.1, 0.15) is 0 Å². The van der Waals surface area contributed by atoms with Crippen molar-refractivity contribution in [3.8, 4) is 11.5 Å². The van der Waals surface area contributed by atoms with Crippen molar-refractivity contribution in [1.29, 1.82) is 0 Å². The molecule has 0 saturated carbocycles. The summed E-state index contributed by atoms with van der Waals surface area (Å²) >= 11 is 16.6. The van der Waals surface area contributed by atoms with E-state index in [2.05, 4.69) is 10.2 Å². The Labute approximate surface area is 94.7 Å². The van der Waals surface area contributed by atoms with Gasteiger partial charge in [0.25, 0.3) is 4.84 Å². The average molecular weight is 247 g/mol. The second kappa shape index (κ2) is 3.73. The smallest absolute Gasteiger partial charge is 0.284 e. The molecule has 2 aromatic rings. The second-order valence-electron chi connectivity index (χ2n) is 2.51. The van der Waals surface area contributed by atoms with Gasteiger partial charge in [0.15, 0.2) is 0 Å². The fourth-order valence-corrected chi connectivity index (χ4v) is 1.72. The summed E-state index contributed by atoms with van der Waals surface area (Å²) in [6.07, 6.45) is 0. The number of halogens is 2. The van der Waals surface area contributed by atoms with Crippen LogP contribution in [-0.4, -0.2) is 10.2 Å². The minimum atomic E-state index is 0.191. The summed E-state index contributed by atoms with van der Waals surface area (Å²) in [6.45, 7) is 0. The molecular weight excluding hydrogens is 243 g/mol. The van der Waals surface area contributed by atoms with E-state index in [9.17, 15) is 0 Å². The Morgan fingerprint density at radius 3 is 2.43 bits per heavy atom. The van der Waals surface area contributed by atoms with Crippen LogP contribution in [0, 0.1) is 4.84 Å². The highest BCUT2D eigenvalue weighted by Crippen LogP contribution is 2.32. The Morgan fingerprint density at radius 2 is 1.93 bits per heavy atom. The van der Waals surface area contributed by atoms with Gasteiger partial charge >= 0.3 is 0 Å². The van der Waals surface area contributed by atoms with Crippen molar-refractivity contribution < 1.29 is 4.42 Å². The molecule has 2 rings (SSSR count). The number of rotatable bonds is 1. The van der Waals surface area contributed by atoms with Crippen LogP contribution in [0.15, 0.2) is 22.6 Å². The molecule has 0 aliphatic rings. The topological polar surface area (TPSA) is 41.8 Å². The van der Waals surface area contributed by atoms with E-state index in [4.69, 9.17) is 39.8 Å². The molecule has 0 amide bonds. The van der Waals surface area contributed by atoms with Crippen LogP contribution in [0.5, 0.6) is 0 Å². The zero-order valence-electron chi connectivity index (χ0n) is 6.75. The fraction of sp³-hybridized carbons (Fsp3) is 0. The van der Waals surface area contributed by atoms with Crippen molar-refractivity contribution in [3.05, 3.63) is 33.1 Å². The van der Waals surface area contributed by atoms with Crippen LogP contribution < -0.4 is 0 Å². The lowest BCUT2D eigenvalue weighted by Crippen LogP contribution is -1.81. The lowest BCUT2D eigenvalue weighted by atomic mass is 10.2. The van der Waals surface area contributed by atoms with Gasteiger partial charge in [-0.15, -0.1) is 5.10 Å². The fourth-order valence-electron chi connectivity index (χ4n) is 1.04. The maximum Gasteiger partial charge on any atom is 0.284 e. The van der Waals surface area contributed by atoms with Gasteiger partial charge in [0.2, 0.25) is 5.89 Å². The lowest BCUT2D eigenvalue weighted by Gasteiger charge is -2.00. The van der Waals surface area contributed by atoms with Gasteiger partial charge < -0.3 is 4.42 Å². The Hall–Kier alpha value is -0.840. The van der Waals surface area contributed by atoms with E-state index in [0.717, 1.165) is 0 Å². The van der Waals surface area contributed by atoms with Crippen LogP contribution in [0.3, 0.4) is 0 Å². The Morgan fingerprint density at radius 1 is 1.29 bits per heavy atom. The summed E-state index contributed by atoms with van der Waals surface area (Å²) in [6, 6.07) is 5.15.